The van der Waals surface area contributed by atoms with Crippen LogP contribution in [-0.2, 0) is 18.3 Å². The fraction of sp³-hybridized carbons (Fsp3) is 0.423. The number of para-hydroxylation sites is 1. The number of aryl methyl sites for hydroxylation is 2. The van der Waals surface area contributed by atoms with Crippen molar-refractivity contribution in [2.75, 3.05) is 13.6 Å². The van der Waals surface area contributed by atoms with Crippen LogP contribution in [0.1, 0.15) is 46.0 Å². The van der Waals surface area contributed by atoms with E-state index >= 15 is 0 Å². The highest BCUT2D eigenvalue weighted by Crippen LogP contribution is 2.67. The number of rotatable bonds is 0. The van der Waals surface area contributed by atoms with Crippen molar-refractivity contribution in [3.05, 3.63) is 69.9 Å². The summed E-state index contributed by atoms with van der Waals surface area (Å²) in [6, 6.07) is 12.9. The Hall–Kier alpha value is -2.43. The minimum Gasteiger partial charge on any atom is -0.482 e. The second kappa shape index (κ2) is 5.24. The molecule has 152 valence electrons. The van der Waals surface area contributed by atoms with Crippen LogP contribution in [0.3, 0.4) is 0 Å². The fourth-order valence-electron chi connectivity index (χ4n) is 7.22. The molecule has 0 amide bonds. The van der Waals surface area contributed by atoms with Gasteiger partial charge in [0.05, 0.1) is 22.2 Å². The molecule has 7 rings (SSSR count). The van der Waals surface area contributed by atoms with Gasteiger partial charge in [0.1, 0.15) is 5.75 Å². The molecular weight excluding hydrogens is 372 g/mol. The highest BCUT2D eigenvalue weighted by atomic mass is 16.5. The SMILES string of the molecule is Cc1ccc2c3c1O[C@H]1c4nc5ccccc5c(C)c4C[C@@]4(O)[C@@H](C2)N(C)CC[C@]314. The van der Waals surface area contributed by atoms with Crippen LogP contribution in [0.4, 0.5) is 0 Å². The molecule has 3 aromatic rings. The highest BCUT2D eigenvalue weighted by Gasteiger charge is 2.72. The highest BCUT2D eigenvalue weighted by molar-refractivity contribution is 5.84. The molecule has 4 nitrogen and oxygen atoms in total. The number of likely N-dealkylation sites (N-methyl/N-ethyl adjacent to an activating group) is 1. The van der Waals surface area contributed by atoms with E-state index in [-0.39, 0.29) is 12.1 Å². The smallest absolute Gasteiger partial charge is 0.153 e. The number of fused-ring (bicyclic) bond motifs is 3. The third kappa shape index (κ3) is 1.69. The van der Waals surface area contributed by atoms with Crippen LogP contribution in [0.15, 0.2) is 36.4 Å². The molecule has 1 fully saturated rings. The fourth-order valence-corrected chi connectivity index (χ4v) is 7.22. The Morgan fingerprint density at radius 3 is 2.87 bits per heavy atom. The van der Waals surface area contributed by atoms with E-state index in [1.54, 1.807) is 0 Å². The van der Waals surface area contributed by atoms with E-state index in [2.05, 4.69) is 62.2 Å². The minimum absolute atomic E-state index is 0.0949. The maximum Gasteiger partial charge on any atom is 0.153 e. The van der Waals surface area contributed by atoms with E-state index in [9.17, 15) is 5.11 Å². The Morgan fingerprint density at radius 1 is 1.17 bits per heavy atom. The van der Waals surface area contributed by atoms with E-state index in [1.165, 1.54) is 27.6 Å². The minimum atomic E-state index is -0.849. The van der Waals surface area contributed by atoms with E-state index in [0.29, 0.717) is 6.42 Å². The average molecular weight is 399 g/mol. The molecule has 2 aromatic carbocycles. The number of aliphatic hydroxyl groups is 1. The van der Waals surface area contributed by atoms with Crippen molar-refractivity contribution in [3.8, 4) is 5.75 Å². The number of hydrogen-bond donors (Lipinski definition) is 1. The van der Waals surface area contributed by atoms with E-state index in [1.807, 2.05) is 0 Å². The number of pyridine rings is 1. The first kappa shape index (κ1) is 17.3. The normalized spacial score (nSPS) is 33.2. The standard InChI is InChI=1S/C26H26N2O2/c1-14-8-9-16-12-20-26(29)13-18-15(2)17-6-4-5-7-19(17)27-22(18)24-25(26,10-11-28(20)3)21(16)23(14)30-24/h4-9,20,24,29H,10-13H2,1-3H3/t20-,24+,25+,26-/m1/s1. The molecule has 2 aliphatic carbocycles. The predicted molar refractivity (Wildman–Crippen MR) is 116 cm³/mol. The Bertz CT molecular complexity index is 1270. The molecule has 4 heteroatoms. The van der Waals surface area contributed by atoms with Crippen molar-refractivity contribution in [1.29, 1.82) is 0 Å². The second-order valence-corrected chi connectivity index (χ2v) is 9.88. The largest absolute Gasteiger partial charge is 0.482 e. The van der Waals surface area contributed by atoms with Crippen LogP contribution in [-0.4, -0.2) is 40.2 Å². The quantitative estimate of drug-likeness (QED) is 0.626. The summed E-state index contributed by atoms with van der Waals surface area (Å²) in [6.07, 6.45) is 2.20. The summed E-state index contributed by atoms with van der Waals surface area (Å²) in [5.41, 5.74) is 7.02. The van der Waals surface area contributed by atoms with Crippen molar-refractivity contribution in [2.24, 2.45) is 0 Å². The van der Waals surface area contributed by atoms with Crippen molar-refractivity contribution in [1.82, 2.24) is 9.88 Å². The molecule has 1 spiro atoms. The predicted octanol–water partition coefficient (Wildman–Crippen LogP) is 3.77. The van der Waals surface area contributed by atoms with Crippen molar-refractivity contribution >= 4 is 10.9 Å². The first-order valence-electron chi connectivity index (χ1n) is 11.1. The molecular formula is C26H26N2O2. The number of piperidine rings is 1. The zero-order valence-corrected chi connectivity index (χ0v) is 17.7. The van der Waals surface area contributed by atoms with Crippen LogP contribution >= 0.6 is 0 Å². The van der Waals surface area contributed by atoms with Gasteiger partial charge in [-0.1, -0.05) is 30.3 Å². The summed E-state index contributed by atoms with van der Waals surface area (Å²) in [5.74, 6) is 0.999. The lowest BCUT2D eigenvalue weighted by atomic mass is 9.48. The van der Waals surface area contributed by atoms with Gasteiger partial charge in [0.2, 0.25) is 0 Å². The van der Waals surface area contributed by atoms with Gasteiger partial charge < -0.3 is 14.7 Å². The Morgan fingerprint density at radius 2 is 2.00 bits per heavy atom. The van der Waals surface area contributed by atoms with Crippen molar-refractivity contribution < 1.29 is 9.84 Å². The number of hydrogen-bond acceptors (Lipinski definition) is 4. The van der Waals surface area contributed by atoms with Crippen molar-refractivity contribution in [3.63, 3.8) is 0 Å². The molecule has 1 aromatic heterocycles. The average Bonchev–Trinajstić information content (AvgIpc) is 3.09. The molecule has 0 saturated carbocycles. The molecule has 0 radical (unpaired) electrons. The summed E-state index contributed by atoms with van der Waals surface area (Å²) in [5, 5.41) is 13.7. The molecule has 4 aliphatic rings. The van der Waals surface area contributed by atoms with Crippen LogP contribution in [0.2, 0.25) is 0 Å². The van der Waals surface area contributed by atoms with E-state index < -0.39 is 11.0 Å². The van der Waals surface area contributed by atoms with Gasteiger partial charge in [-0.15, -0.1) is 0 Å². The number of benzene rings is 2. The van der Waals surface area contributed by atoms with Gasteiger partial charge in [-0.3, -0.25) is 0 Å². The van der Waals surface area contributed by atoms with Gasteiger partial charge in [-0.25, -0.2) is 4.98 Å². The topological polar surface area (TPSA) is 45.6 Å². The summed E-state index contributed by atoms with van der Waals surface area (Å²) in [7, 11) is 2.17. The number of likely N-dealkylation sites (tertiary alicyclic amines) is 1. The van der Waals surface area contributed by atoms with Crippen LogP contribution in [0.25, 0.3) is 10.9 Å². The Balaban J connectivity index is 1.61. The molecule has 3 heterocycles. The molecule has 1 N–H and O–H groups in total. The molecule has 2 bridgehead atoms. The number of ether oxygens (including phenoxy) is 1. The number of nitrogens with zero attached hydrogens (tertiary/aromatic N) is 2. The zero-order chi connectivity index (χ0) is 20.4. The third-order valence-corrected chi connectivity index (χ3v) is 8.70. The maximum atomic E-state index is 12.6. The lowest BCUT2D eigenvalue weighted by molar-refractivity contribution is -0.168. The van der Waals surface area contributed by atoms with Crippen LogP contribution in [0, 0.1) is 13.8 Å². The lowest BCUT2D eigenvalue weighted by Crippen LogP contribution is -2.74. The monoisotopic (exact) mass is 398 g/mol. The summed E-state index contributed by atoms with van der Waals surface area (Å²) >= 11 is 0. The third-order valence-electron chi connectivity index (χ3n) is 8.70. The molecule has 30 heavy (non-hydrogen) atoms. The molecule has 2 aliphatic heterocycles. The van der Waals surface area contributed by atoms with Gasteiger partial charge in [-0.05, 0) is 68.6 Å². The van der Waals surface area contributed by atoms with Gasteiger partial charge in [0.25, 0.3) is 0 Å². The van der Waals surface area contributed by atoms with E-state index in [0.717, 1.165) is 41.9 Å². The summed E-state index contributed by atoms with van der Waals surface area (Å²) in [6.45, 7) is 5.29. The summed E-state index contributed by atoms with van der Waals surface area (Å²) < 4.78 is 6.80. The Labute approximate surface area is 176 Å². The molecule has 4 atom stereocenters. The van der Waals surface area contributed by atoms with Crippen LogP contribution < -0.4 is 4.74 Å². The molecule has 0 unspecified atom stereocenters. The van der Waals surface area contributed by atoms with Gasteiger partial charge >= 0.3 is 0 Å². The zero-order valence-electron chi connectivity index (χ0n) is 17.7. The van der Waals surface area contributed by atoms with Gasteiger partial charge in [0, 0.05) is 23.4 Å². The van der Waals surface area contributed by atoms with Gasteiger partial charge in [-0.2, -0.15) is 0 Å². The van der Waals surface area contributed by atoms with Gasteiger partial charge in [0.15, 0.2) is 6.10 Å². The lowest BCUT2D eigenvalue weighted by Gasteiger charge is -2.62. The Kier molecular flexibility index (Phi) is 3.02. The second-order valence-electron chi connectivity index (χ2n) is 9.88. The van der Waals surface area contributed by atoms with Crippen LogP contribution in [0.5, 0.6) is 5.75 Å². The van der Waals surface area contributed by atoms with E-state index in [4.69, 9.17) is 9.72 Å². The number of aromatic nitrogens is 1. The first-order chi connectivity index (χ1) is 14.5. The van der Waals surface area contributed by atoms with Crippen molar-refractivity contribution in [2.45, 2.75) is 56.3 Å². The maximum absolute atomic E-state index is 12.6. The molecule has 1 saturated heterocycles. The first-order valence-corrected chi connectivity index (χ1v) is 11.1. The summed E-state index contributed by atoms with van der Waals surface area (Å²) in [4.78, 5) is 7.54.